The number of ether oxygens (including phenoxy) is 2. The highest BCUT2D eigenvalue weighted by Crippen LogP contribution is 2.28. The van der Waals surface area contributed by atoms with Crippen molar-refractivity contribution in [3.05, 3.63) is 65.9 Å². The summed E-state index contributed by atoms with van der Waals surface area (Å²) in [4.78, 5) is 9.22. The lowest BCUT2D eigenvalue weighted by Crippen LogP contribution is -2.05. The van der Waals surface area contributed by atoms with Crippen LogP contribution in [0.4, 0.5) is 17.5 Å². The monoisotopic (exact) mass is 431 g/mol. The van der Waals surface area contributed by atoms with Gasteiger partial charge in [0, 0.05) is 25.3 Å². The van der Waals surface area contributed by atoms with Crippen LogP contribution in [0.5, 0.6) is 11.5 Å². The lowest BCUT2D eigenvalue weighted by atomic mass is 10.0. The number of methoxy groups -OCH3 is 2. The van der Waals surface area contributed by atoms with E-state index in [9.17, 15) is 0 Å². The van der Waals surface area contributed by atoms with Gasteiger partial charge in [-0.1, -0.05) is 32.0 Å². The van der Waals surface area contributed by atoms with Crippen molar-refractivity contribution in [1.29, 1.82) is 0 Å². The number of fused-ring (bicyclic) bond motifs is 1. The zero-order valence-electron chi connectivity index (χ0n) is 19.1. The first kappa shape index (κ1) is 21.5. The van der Waals surface area contributed by atoms with Crippen molar-refractivity contribution >= 4 is 28.5 Å². The van der Waals surface area contributed by atoms with E-state index in [2.05, 4.69) is 58.7 Å². The van der Waals surface area contributed by atoms with Crippen molar-refractivity contribution in [2.45, 2.75) is 26.3 Å². The topological polar surface area (TPSA) is 73.2 Å². The molecule has 4 aromatic rings. The molecular formula is C25H29N5O2. The molecule has 0 unspecified atom stereocenters. The normalized spacial score (nSPS) is 11.1. The molecular weight excluding hydrogens is 402 g/mol. The minimum atomic E-state index is 0.512. The average Bonchev–Trinajstić information content (AvgIpc) is 3.12. The number of anilines is 3. The quantitative estimate of drug-likeness (QED) is 0.386. The molecule has 0 saturated carbocycles. The fourth-order valence-electron chi connectivity index (χ4n) is 3.59. The summed E-state index contributed by atoms with van der Waals surface area (Å²) < 4.78 is 12.7. The SMILES string of the molecule is COc1ccc(CNc2nc3cnc(Nc4ccc(C(C)C)cc4)cc3n2C)cc1OC. The van der Waals surface area contributed by atoms with Crippen molar-refractivity contribution in [3.8, 4) is 11.5 Å². The van der Waals surface area contributed by atoms with Gasteiger partial charge in [-0.3, -0.25) is 0 Å². The number of hydrogen-bond donors (Lipinski definition) is 2. The number of aromatic nitrogens is 3. The van der Waals surface area contributed by atoms with Crippen LogP contribution in [0.3, 0.4) is 0 Å². The van der Waals surface area contributed by atoms with Gasteiger partial charge in [-0.15, -0.1) is 0 Å². The number of rotatable bonds is 8. The summed E-state index contributed by atoms with van der Waals surface area (Å²) in [6.07, 6.45) is 1.79. The first-order valence-corrected chi connectivity index (χ1v) is 10.6. The van der Waals surface area contributed by atoms with E-state index in [1.165, 1.54) is 5.56 Å². The van der Waals surface area contributed by atoms with E-state index in [1.807, 2.05) is 35.9 Å². The third-order valence-electron chi connectivity index (χ3n) is 5.52. The first-order chi connectivity index (χ1) is 15.5. The number of aryl methyl sites for hydroxylation is 1. The fourth-order valence-corrected chi connectivity index (χ4v) is 3.59. The van der Waals surface area contributed by atoms with Crippen molar-refractivity contribution in [2.24, 2.45) is 7.05 Å². The Morgan fingerprint density at radius 3 is 2.41 bits per heavy atom. The molecule has 2 heterocycles. The lowest BCUT2D eigenvalue weighted by Gasteiger charge is -2.11. The Labute approximate surface area is 188 Å². The van der Waals surface area contributed by atoms with Gasteiger partial charge in [0.15, 0.2) is 11.5 Å². The van der Waals surface area contributed by atoms with E-state index < -0.39 is 0 Å². The molecule has 2 aromatic heterocycles. The molecule has 2 aromatic carbocycles. The van der Waals surface area contributed by atoms with Crippen molar-refractivity contribution in [3.63, 3.8) is 0 Å². The zero-order valence-corrected chi connectivity index (χ0v) is 19.1. The highest BCUT2D eigenvalue weighted by Gasteiger charge is 2.11. The van der Waals surface area contributed by atoms with Crippen LogP contribution in [-0.2, 0) is 13.6 Å². The molecule has 0 spiro atoms. The first-order valence-electron chi connectivity index (χ1n) is 10.6. The van der Waals surface area contributed by atoms with Gasteiger partial charge in [-0.05, 0) is 41.3 Å². The van der Waals surface area contributed by atoms with E-state index in [1.54, 1.807) is 20.4 Å². The highest BCUT2D eigenvalue weighted by molar-refractivity contribution is 5.81. The number of pyridine rings is 1. The molecule has 0 fully saturated rings. The van der Waals surface area contributed by atoms with Crippen LogP contribution in [0.2, 0.25) is 0 Å². The number of nitrogens with one attached hydrogen (secondary N) is 2. The molecule has 32 heavy (non-hydrogen) atoms. The molecule has 166 valence electrons. The highest BCUT2D eigenvalue weighted by atomic mass is 16.5. The van der Waals surface area contributed by atoms with Crippen LogP contribution in [-0.4, -0.2) is 28.8 Å². The van der Waals surface area contributed by atoms with Gasteiger partial charge in [0.05, 0.1) is 25.9 Å². The van der Waals surface area contributed by atoms with Crippen molar-refractivity contribution < 1.29 is 9.47 Å². The van der Waals surface area contributed by atoms with Crippen LogP contribution in [0.25, 0.3) is 11.0 Å². The zero-order chi connectivity index (χ0) is 22.7. The minimum absolute atomic E-state index is 0.512. The number of hydrogen-bond acceptors (Lipinski definition) is 6. The molecule has 0 saturated heterocycles. The summed E-state index contributed by atoms with van der Waals surface area (Å²) >= 11 is 0. The molecule has 0 atom stereocenters. The predicted molar refractivity (Wildman–Crippen MR) is 129 cm³/mol. The van der Waals surface area contributed by atoms with E-state index in [0.29, 0.717) is 24.0 Å². The molecule has 0 aliphatic carbocycles. The number of imidazole rings is 1. The summed E-state index contributed by atoms with van der Waals surface area (Å²) in [5, 5.41) is 6.78. The van der Waals surface area contributed by atoms with Gasteiger partial charge in [-0.25, -0.2) is 9.97 Å². The van der Waals surface area contributed by atoms with Crippen LogP contribution in [0.1, 0.15) is 30.9 Å². The Hall–Kier alpha value is -3.74. The van der Waals surface area contributed by atoms with Gasteiger partial charge < -0.3 is 24.7 Å². The van der Waals surface area contributed by atoms with Crippen LogP contribution in [0, 0.1) is 0 Å². The molecule has 0 aliphatic heterocycles. The second-order valence-electron chi connectivity index (χ2n) is 8.00. The molecule has 0 bridgehead atoms. The van der Waals surface area contributed by atoms with Gasteiger partial charge >= 0.3 is 0 Å². The molecule has 0 radical (unpaired) electrons. The Balaban J connectivity index is 1.50. The standard InChI is InChI=1S/C25H29N5O2/c1-16(2)18-7-9-19(10-8-18)28-24-13-21-20(15-26-24)29-25(30(21)3)27-14-17-6-11-22(31-4)23(12-17)32-5/h6-13,15-16H,14H2,1-5H3,(H,26,28)(H,27,29). The van der Waals surface area contributed by atoms with E-state index >= 15 is 0 Å². The molecule has 7 nitrogen and oxygen atoms in total. The van der Waals surface area contributed by atoms with E-state index in [4.69, 9.17) is 9.47 Å². The Kier molecular flexibility index (Phi) is 6.16. The summed E-state index contributed by atoms with van der Waals surface area (Å²) in [5.41, 5.74) is 5.23. The second-order valence-corrected chi connectivity index (χ2v) is 8.00. The maximum atomic E-state index is 5.39. The number of nitrogens with zero attached hydrogens (tertiary/aromatic N) is 3. The van der Waals surface area contributed by atoms with Crippen molar-refractivity contribution in [2.75, 3.05) is 24.9 Å². The van der Waals surface area contributed by atoms with E-state index in [0.717, 1.165) is 34.1 Å². The Morgan fingerprint density at radius 1 is 0.969 bits per heavy atom. The maximum absolute atomic E-state index is 5.39. The van der Waals surface area contributed by atoms with Gasteiger partial charge in [0.2, 0.25) is 5.95 Å². The summed E-state index contributed by atoms with van der Waals surface area (Å²) in [6, 6.07) is 16.3. The number of benzene rings is 2. The molecule has 7 heteroatoms. The molecule has 2 N–H and O–H groups in total. The molecule has 0 amide bonds. The third kappa shape index (κ3) is 4.46. The average molecular weight is 432 g/mol. The van der Waals surface area contributed by atoms with Crippen LogP contribution < -0.4 is 20.1 Å². The van der Waals surface area contributed by atoms with Gasteiger partial charge in [0.1, 0.15) is 11.3 Å². The largest absolute Gasteiger partial charge is 0.493 e. The second kappa shape index (κ2) is 9.18. The smallest absolute Gasteiger partial charge is 0.203 e. The predicted octanol–water partition coefficient (Wildman–Crippen LogP) is 5.46. The van der Waals surface area contributed by atoms with Crippen molar-refractivity contribution in [1.82, 2.24) is 14.5 Å². The Morgan fingerprint density at radius 2 is 1.72 bits per heavy atom. The molecule has 4 rings (SSSR count). The lowest BCUT2D eigenvalue weighted by molar-refractivity contribution is 0.354. The third-order valence-corrected chi connectivity index (χ3v) is 5.52. The summed E-state index contributed by atoms with van der Waals surface area (Å²) in [5.74, 6) is 3.49. The molecule has 0 aliphatic rings. The minimum Gasteiger partial charge on any atom is -0.493 e. The summed E-state index contributed by atoms with van der Waals surface area (Å²) in [7, 11) is 5.26. The Bertz CT molecular complexity index is 1220. The maximum Gasteiger partial charge on any atom is 0.203 e. The van der Waals surface area contributed by atoms with Crippen LogP contribution >= 0.6 is 0 Å². The van der Waals surface area contributed by atoms with Crippen LogP contribution in [0.15, 0.2) is 54.7 Å². The van der Waals surface area contributed by atoms with Gasteiger partial charge in [0.25, 0.3) is 0 Å². The summed E-state index contributed by atoms with van der Waals surface area (Å²) in [6.45, 7) is 4.99. The van der Waals surface area contributed by atoms with E-state index in [-0.39, 0.29) is 0 Å². The van der Waals surface area contributed by atoms with Gasteiger partial charge in [-0.2, -0.15) is 0 Å². The fraction of sp³-hybridized carbons (Fsp3) is 0.280.